The molecule has 1 atom stereocenters. The Hall–Kier alpha value is -1.09. The maximum atomic E-state index is 13.9. The highest BCUT2D eigenvalue weighted by Crippen LogP contribution is 2.32. The zero-order valence-electron chi connectivity index (χ0n) is 12.2. The van der Waals surface area contributed by atoms with Gasteiger partial charge < -0.3 is 4.90 Å². The normalized spacial score (nSPS) is 23.8. The lowest BCUT2D eigenvalue weighted by molar-refractivity contribution is -0.133. The SMILES string of the molecule is O=C1[C@H](Cc2c(F)cccc2Cl)CCN1C1CCCCC1. The largest absolute Gasteiger partial charge is 0.339 e. The average Bonchev–Trinajstić information content (AvgIpc) is 2.85. The molecule has 0 unspecified atom stereocenters. The average molecular weight is 310 g/mol. The molecule has 0 aromatic heterocycles. The van der Waals surface area contributed by atoms with Gasteiger partial charge in [-0.3, -0.25) is 4.79 Å². The number of hydrogen-bond donors (Lipinski definition) is 0. The summed E-state index contributed by atoms with van der Waals surface area (Å²) in [5.74, 6) is -0.214. The molecule has 1 saturated carbocycles. The highest BCUT2D eigenvalue weighted by Gasteiger charge is 2.36. The van der Waals surface area contributed by atoms with Crippen molar-refractivity contribution in [3.63, 3.8) is 0 Å². The van der Waals surface area contributed by atoms with Gasteiger partial charge in [-0.25, -0.2) is 4.39 Å². The highest BCUT2D eigenvalue weighted by atomic mass is 35.5. The van der Waals surface area contributed by atoms with Gasteiger partial charge in [0.15, 0.2) is 0 Å². The molecular formula is C17H21ClFNO. The van der Waals surface area contributed by atoms with Crippen molar-refractivity contribution in [3.05, 3.63) is 34.6 Å². The van der Waals surface area contributed by atoms with Gasteiger partial charge >= 0.3 is 0 Å². The molecule has 21 heavy (non-hydrogen) atoms. The molecule has 1 amide bonds. The fourth-order valence-electron chi connectivity index (χ4n) is 3.68. The van der Waals surface area contributed by atoms with Crippen molar-refractivity contribution < 1.29 is 9.18 Å². The van der Waals surface area contributed by atoms with Crippen molar-refractivity contribution >= 4 is 17.5 Å². The summed E-state index contributed by atoms with van der Waals surface area (Å²) in [5, 5.41) is 0.430. The lowest BCUT2D eigenvalue weighted by atomic mass is 9.94. The quantitative estimate of drug-likeness (QED) is 0.819. The smallest absolute Gasteiger partial charge is 0.226 e. The van der Waals surface area contributed by atoms with E-state index in [0.29, 0.717) is 23.0 Å². The Morgan fingerprint density at radius 1 is 1.19 bits per heavy atom. The second-order valence-electron chi connectivity index (χ2n) is 6.21. The van der Waals surface area contributed by atoms with Crippen molar-refractivity contribution in [2.45, 2.75) is 51.0 Å². The number of rotatable bonds is 3. The molecule has 1 saturated heterocycles. The minimum absolute atomic E-state index is 0.110. The van der Waals surface area contributed by atoms with Crippen molar-refractivity contribution in [2.24, 2.45) is 5.92 Å². The van der Waals surface area contributed by atoms with Crippen LogP contribution in [0.25, 0.3) is 0 Å². The van der Waals surface area contributed by atoms with E-state index < -0.39 is 0 Å². The Morgan fingerprint density at radius 3 is 2.67 bits per heavy atom. The van der Waals surface area contributed by atoms with Gasteiger partial charge in [-0.05, 0) is 37.8 Å². The van der Waals surface area contributed by atoms with Crippen molar-refractivity contribution in [1.29, 1.82) is 0 Å². The fraction of sp³-hybridized carbons (Fsp3) is 0.588. The van der Waals surface area contributed by atoms with E-state index in [9.17, 15) is 9.18 Å². The van der Waals surface area contributed by atoms with Gasteiger partial charge in [0.1, 0.15) is 5.82 Å². The van der Waals surface area contributed by atoms with E-state index in [4.69, 9.17) is 11.6 Å². The molecule has 1 aliphatic heterocycles. The number of likely N-dealkylation sites (tertiary alicyclic amines) is 1. The molecule has 0 N–H and O–H groups in total. The van der Waals surface area contributed by atoms with Crippen LogP contribution < -0.4 is 0 Å². The van der Waals surface area contributed by atoms with E-state index >= 15 is 0 Å². The number of benzene rings is 1. The van der Waals surface area contributed by atoms with Crippen molar-refractivity contribution in [3.8, 4) is 0 Å². The van der Waals surface area contributed by atoms with Gasteiger partial charge in [0.2, 0.25) is 5.91 Å². The van der Waals surface area contributed by atoms with E-state index in [0.717, 1.165) is 25.8 Å². The van der Waals surface area contributed by atoms with Gasteiger partial charge in [-0.1, -0.05) is 36.9 Å². The van der Waals surface area contributed by atoms with Gasteiger partial charge in [0.05, 0.1) is 0 Å². The van der Waals surface area contributed by atoms with Crippen LogP contribution in [0.1, 0.15) is 44.1 Å². The molecule has 1 aromatic rings. The Balaban J connectivity index is 1.69. The topological polar surface area (TPSA) is 20.3 Å². The van der Waals surface area contributed by atoms with Gasteiger partial charge in [0.25, 0.3) is 0 Å². The molecular weight excluding hydrogens is 289 g/mol. The predicted octanol–water partition coefficient (Wildman–Crippen LogP) is 4.20. The van der Waals surface area contributed by atoms with E-state index in [1.807, 2.05) is 4.90 Å². The molecule has 114 valence electrons. The van der Waals surface area contributed by atoms with Crippen LogP contribution in [-0.2, 0) is 11.2 Å². The maximum Gasteiger partial charge on any atom is 0.226 e. The standard InChI is InChI=1S/C17H21ClFNO/c18-15-7-4-8-16(19)14(15)11-12-9-10-20(17(12)21)13-5-2-1-3-6-13/h4,7-8,12-13H,1-3,5-6,9-11H2/t12-/m0/s1. The highest BCUT2D eigenvalue weighted by molar-refractivity contribution is 6.31. The third-order valence-electron chi connectivity index (χ3n) is 4.88. The van der Waals surface area contributed by atoms with E-state index in [1.54, 1.807) is 12.1 Å². The van der Waals surface area contributed by atoms with Gasteiger partial charge in [-0.15, -0.1) is 0 Å². The van der Waals surface area contributed by atoms with Crippen LogP contribution in [0.4, 0.5) is 4.39 Å². The van der Waals surface area contributed by atoms with Crippen molar-refractivity contribution in [2.75, 3.05) is 6.54 Å². The summed E-state index contributed by atoms with van der Waals surface area (Å²) in [4.78, 5) is 14.6. The second kappa shape index (κ2) is 6.35. The van der Waals surface area contributed by atoms with E-state index in [1.165, 1.54) is 25.3 Å². The minimum atomic E-state index is -0.300. The van der Waals surface area contributed by atoms with Crippen LogP contribution >= 0.6 is 11.6 Å². The molecule has 4 heteroatoms. The Labute approximate surface area is 130 Å². The minimum Gasteiger partial charge on any atom is -0.339 e. The summed E-state index contributed by atoms with van der Waals surface area (Å²) in [6.07, 6.45) is 7.22. The first kappa shape index (κ1) is 14.8. The molecule has 0 bridgehead atoms. The summed E-state index contributed by atoms with van der Waals surface area (Å²) in [6.45, 7) is 0.820. The van der Waals surface area contributed by atoms with Crippen LogP contribution in [0.3, 0.4) is 0 Å². The monoisotopic (exact) mass is 309 g/mol. The molecule has 0 radical (unpaired) electrons. The number of carbonyl (C=O) groups is 1. The number of halogens is 2. The maximum absolute atomic E-state index is 13.9. The summed E-state index contributed by atoms with van der Waals surface area (Å²) >= 11 is 6.08. The second-order valence-corrected chi connectivity index (χ2v) is 6.62. The van der Waals surface area contributed by atoms with Crippen LogP contribution in [0.15, 0.2) is 18.2 Å². The molecule has 1 heterocycles. The summed E-state index contributed by atoms with van der Waals surface area (Å²) in [7, 11) is 0. The first-order valence-electron chi connectivity index (χ1n) is 7.90. The Kier molecular flexibility index (Phi) is 4.48. The van der Waals surface area contributed by atoms with Crippen molar-refractivity contribution in [1.82, 2.24) is 4.90 Å². The molecule has 3 rings (SSSR count). The lowest BCUT2D eigenvalue weighted by Gasteiger charge is -2.31. The number of amides is 1. The first-order valence-corrected chi connectivity index (χ1v) is 8.28. The molecule has 2 nitrogen and oxygen atoms in total. The lowest BCUT2D eigenvalue weighted by Crippen LogP contribution is -2.39. The molecule has 2 aliphatic rings. The predicted molar refractivity (Wildman–Crippen MR) is 81.8 cm³/mol. The molecule has 1 aliphatic carbocycles. The number of nitrogens with zero attached hydrogens (tertiary/aromatic N) is 1. The molecule has 0 spiro atoms. The summed E-state index contributed by atoms with van der Waals surface area (Å²) in [6, 6.07) is 5.12. The number of hydrogen-bond acceptors (Lipinski definition) is 1. The third-order valence-corrected chi connectivity index (χ3v) is 5.23. The van der Waals surface area contributed by atoms with Crippen LogP contribution in [0, 0.1) is 11.7 Å². The first-order chi connectivity index (χ1) is 10.2. The Bertz CT molecular complexity index is 507. The molecule has 2 fully saturated rings. The zero-order valence-corrected chi connectivity index (χ0v) is 12.9. The third kappa shape index (κ3) is 3.08. The van der Waals surface area contributed by atoms with Crippen LogP contribution in [0.2, 0.25) is 5.02 Å². The van der Waals surface area contributed by atoms with E-state index in [2.05, 4.69) is 0 Å². The molecule has 1 aromatic carbocycles. The van der Waals surface area contributed by atoms with Gasteiger partial charge in [-0.2, -0.15) is 0 Å². The zero-order chi connectivity index (χ0) is 14.8. The van der Waals surface area contributed by atoms with Gasteiger partial charge in [0, 0.05) is 29.1 Å². The summed E-state index contributed by atoms with van der Waals surface area (Å²) < 4.78 is 13.9. The van der Waals surface area contributed by atoms with Crippen LogP contribution in [0.5, 0.6) is 0 Å². The summed E-state index contributed by atoms with van der Waals surface area (Å²) in [5.41, 5.74) is 0.489. The fourth-order valence-corrected chi connectivity index (χ4v) is 3.92. The van der Waals surface area contributed by atoms with Crippen LogP contribution in [-0.4, -0.2) is 23.4 Å². The van der Waals surface area contributed by atoms with E-state index in [-0.39, 0.29) is 17.6 Å². The Morgan fingerprint density at radius 2 is 1.95 bits per heavy atom. The number of carbonyl (C=O) groups excluding carboxylic acids is 1.